The minimum Gasteiger partial charge on any atom is -0.308 e. The van der Waals surface area contributed by atoms with Crippen LogP contribution in [-0.4, -0.2) is 36.1 Å². The standard InChI is InChI=1S/C31H24F2N4O3/c1-19-10-5-6-13-21(19)26(38)18-37-25-17-8-7-14-22(25)27(20-11-3-2-4-12-20)34-29(30(37)39)36-31(40)35-28-23(32)15-9-16-24(28)33/h2-17,29H,18H2,1H3,(H2,35,36,40)/t29-/m1/s1. The van der Waals surface area contributed by atoms with Gasteiger partial charge in [-0.25, -0.2) is 18.6 Å². The summed E-state index contributed by atoms with van der Waals surface area (Å²) >= 11 is 0. The molecule has 0 fully saturated rings. The van der Waals surface area contributed by atoms with E-state index in [2.05, 4.69) is 15.6 Å². The van der Waals surface area contributed by atoms with E-state index in [9.17, 15) is 23.2 Å². The monoisotopic (exact) mass is 538 g/mol. The molecule has 0 aromatic heterocycles. The van der Waals surface area contributed by atoms with Crippen molar-refractivity contribution < 1.29 is 23.2 Å². The Balaban J connectivity index is 1.55. The molecule has 5 rings (SSSR count). The van der Waals surface area contributed by atoms with Crippen LogP contribution in [0, 0.1) is 18.6 Å². The van der Waals surface area contributed by atoms with E-state index in [1.807, 2.05) is 24.3 Å². The molecule has 0 unspecified atom stereocenters. The zero-order valence-corrected chi connectivity index (χ0v) is 21.4. The van der Waals surface area contributed by atoms with Gasteiger partial charge in [0.1, 0.15) is 17.3 Å². The number of para-hydroxylation sites is 2. The summed E-state index contributed by atoms with van der Waals surface area (Å²) in [4.78, 5) is 46.1. The molecule has 200 valence electrons. The largest absolute Gasteiger partial charge is 0.321 e. The average molecular weight is 539 g/mol. The third-order valence-corrected chi connectivity index (χ3v) is 6.47. The number of nitrogens with zero attached hydrogens (tertiary/aromatic N) is 2. The van der Waals surface area contributed by atoms with Gasteiger partial charge in [-0.15, -0.1) is 0 Å². The number of aryl methyl sites for hydroxylation is 1. The Morgan fingerprint density at radius 3 is 2.23 bits per heavy atom. The van der Waals surface area contributed by atoms with Crippen LogP contribution in [0.5, 0.6) is 0 Å². The fourth-order valence-electron chi connectivity index (χ4n) is 4.52. The molecule has 40 heavy (non-hydrogen) atoms. The van der Waals surface area contributed by atoms with E-state index in [4.69, 9.17) is 0 Å². The molecule has 7 nitrogen and oxygen atoms in total. The molecule has 0 radical (unpaired) electrons. The van der Waals surface area contributed by atoms with Gasteiger partial charge in [-0.1, -0.05) is 78.9 Å². The smallest absolute Gasteiger partial charge is 0.308 e. The van der Waals surface area contributed by atoms with Gasteiger partial charge >= 0.3 is 6.03 Å². The lowest BCUT2D eigenvalue weighted by atomic mass is 9.99. The van der Waals surface area contributed by atoms with Crippen molar-refractivity contribution in [1.82, 2.24) is 5.32 Å². The molecule has 0 bridgehead atoms. The molecule has 1 aliphatic rings. The Morgan fingerprint density at radius 2 is 1.50 bits per heavy atom. The van der Waals surface area contributed by atoms with E-state index in [0.717, 1.165) is 17.7 Å². The van der Waals surface area contributed by atoms with E-state index in [1.165, 1.54) is 11.0 Å². The van der Waals surface area contributed by atoms with E-state index >= 15 is 0 Å². The lowest BCUT2D eigenvalue weighted by Gasteiger charge is -2.25. The maximum Gasteiger partial charge on any atom is 0.321 e. The number of ketones is 1. The Morgan fingerprint density at radius 1 is 0.850 bits per heavy atom. The number of halogens is 2. The summed E-state index contributed by atoms with van der Waals surface area (Å²) in [5.74, 6) is -2.95. The third-order valence-electron chi connectivity index (χ3n) is 6.47. The molecule has 0 saturated heterocycles. The van der Waals surface area contributed by atoms with Crippen LogP contribution in [-0.2, 0) is 4.79 Å². The van der Waals surface area contributed by atoms with Crippen molar-refractivity contribution in [3.05, 3.63) is 131 Å². The summed E-state index contributed by atoms with van der Waals surface area (Å²) < 4.78 is 28.3. The number of benzene rings is 4. The predicted octanol–water partition coefficient (Wildman–Crippen LogP) is 5.49. The summed E-state index contributed by atoms with van der Waals surface area (Å²) in [6, 6.07) is 25.2. The summed E-state index contributed by atoms with van der Waals surface area (Å²) in [5, 5.41) is 4.55. The van der Waals surface area contributed by atoms with Gasteiger partial charge in [0, 0.05) is 16.7 Å². The summed E-state index contributed by atoms with van der Waals surface area (Å²) in [7, 11) is 0. The highest BCUT2D eigenvalue weighted by molar-refractivity contribution is 6.21. The first kappa shape index (κ1) is 26.4. The van der Waals surface area contributed by atoms with Crippen LogP contribution in [0.1, 0.15) is 27.0 Å². The second kappa shape index (κ2) is 11.3. The number of benzodiazepines with no additional fused rings is 1. The number of urea groups is 1. The summed E-state index contributed by atoms with van der Waals surface area (Å²) in [6.45, 7) is 1.48. The van der Waals surface area contributed by atoms with Crippen LogP contribution in [0.15, 0.2) is 102 Å². The van der Waals surface area contributed by atoms with Crippen molar-refractivity contribution in [2.45, 2.75) is 13.1 Å². The van der Waals surface area contributed by atoms with Crippen LogP contribution < -0.4 is 15.5 Å². The number of Topliss-reactive ketones (excluding diaryl/α,β-unsaturated/α-hetero) is 1. The number of fused-ring (bicyclic) bond motifs is 1. The fraction of sp³-hybridized carbons (Fsp3) is 0.0968. The quantitative estimate of drug-likeness (QED) is 0.318. The van der Waals surface area contributed by atoms with E-state index < -0.39 is 35.4 Å². The van der Waals surface area contributed by atoms with Gasteiger partial charge in [0.05, 0.1) is 17.9 Å². The van der Waals surface area contributed by atoms with Crippen molar-refractivity contribution in [2.24, 2.45) is 4.99 Å². The number of carbonyl (C=O) groups excluding carboxylic acids is 3. The molecule has 3 amide bonds. The minimum atomic E-state index is -1.51. The van der Waals surface area contributed by atoms with E-state index in [0.29, 0.717) is 28.1 Å². The van der Waals surface area contributed by atoms with E-state index in [-0.39, 0.29) is 12.3 Å². The molecule has 0 aliphatic carbocycles. The van der Waals surface area contributed by atoms with E-state index in [1.54, 1.807) is 61.5 Å². The lowest BCUT2D eigenvalue weighted by molar-refractivity contribution is -0.120. The van der Waals surface area contributed by atoms with Crippen molar-refractivity contribution in [1.29, 1.82) is 0 Å². The Hall–Kier alpha value is -5.18. The zero-order valence-electron chi connectivity index (χ0n) is 21.4. The molecule has 2 N–H and O–H groups in total. The molecule has 1 aliphatic heterocycles. The maximum absolute atomic E-state index is 14.2. The minimum absolute atomic E-state index is 0.305. The van der Waals surface area contributed by atoms with Crippen molar-refractivity contribution in [3.8, 4) is 0 Å². The molecular weight excluding hydrogens is 514 g/mol. The number of hydrogen-bond acceptors (Lipinski definition) is 4. The van der Waals surface area contributed by atoms with Gasteiger partial charge in [-0.05, 0) is 30.7 Å². The highest BCUT2D eigenvalue weighted by atomic mass is 19.1. The van der Waals surface area contributed by atoms with Gasteiger partial charge in [0.2, 0.25) is 6.17 Å². The Kier molecular flexibility index (Phi) is 7.46. The number of hydrogen-bond donors (Lipinski definition) is 2. The molecule has 1 atom stereocenters. The zero-order chi connectivity index (χ0) is 28.2. The topological polar surface area (TPSA) is 90.9 Å². The molecule has 1 heterocycles. The maximum atomic E-state index is 14.2. The predicted molar refractivity (Wildman–Crippen MR) is 149 cm³/mol. The number of nitrogens with one attached hydrogen (secondary N) is 2. The number of rotatable bonds is 6. The van der Waals surface area contributed by atoms with Gasteiger partial charge in [0.25, 0.3) is 5.91 Å². The van der Waals surface area contributed by atoms with Gasteiger partial charge < -0.3 is 15.5 Å². The lowest BCUT2D eigenvalue weighted by Crippen LogP contribution is -2.50. The summed E-state index contributed by atoms with van der Waals surface area (Å²) in [5.41, 5.74) is 2.62. The first-order valence-corrected chi connectivity index (χ1v) is 12.5. The fourth-order valence-corrected chi connectivity index (χ4v) is 4.52. The van der Waals surface area contributed by atoms with Crippen LogP contribution in [0.3, 0.4) is 0 Å². The highest BCUT2D eigenvalue weighted by Gasteiger charge is 2.34. The number of anilines is 2. The van der Waals surface area contributed by atoms with Crippen molar-refractivity contribution in [2.75, 3.05) is 16.8 Å². The van der Waals surface area contributed by atoms with Gasteiger partial charge in [-0.3, -0.25) is 9.59 Å². The molecular formula is C31H24F2N4O3. The second-order valence-corrected chi connectivity index (χ2v) is 9.12. The van der Waals surface area contributed by atoms with Crippen molar-refractivity contribution in [3.63, 3.8) is 0 Å². The Labute approximate surface area is 229 Å². The first-order chi connectivity index (χ1) is 19.3. The Bertz CT molecular complexity index is 1620. The van der Waals surface area contributed by atoms with Crippen LogP contribution in [0.2, 0.25) is 0 Å². The number of carbonyl (C=O) groups is 3. The van der Waals surface area contributed by atoms with Gasteiger partial charge in [0.15, 0.2) is 5.78 Å². The molecule has 0 spiro atoms. The van der Waals surface area contributed by atoms with Crippen LogP contribution in [0.4, 0.5) is 25.0 Å². The third kappa shape index (κ3) is 5.35. The van der Waals surface area contributed by atoms with Gasteiger partial charge in [-0.2, -0.15) is 0 Å². The first-order valence-electron chi connectivity index (χ1n) is 12.5. The van der Waals surface area contributed by atoms with Crippen LogP contribution in [0.25, 0.3) is 0 Å². The van der Waals surface area contributed by atoms with Crippen molar-refractivity contribution >= 4 is 34.8 Å². The summed E-state index contributed by atoms with van der Waals surface area (Å²) in [6.07, 6.45) is -1.51. The average Bonchev–Trinajstić information content (AvgIpc) is 3.06. The molecule has 9 heteroatoms. The number of aliphatic imine (C=N–C) groups is 1. The molecule has 0 saturated carbocycles. The normalized spacial score (nSPS) is 14.6. The van der Waals surface area contributed by atoms with Crippen LogP contribution >= 0.6 is 0 Å². The molecule has 4 aromatic rings. The molecule has 4 aromatic carbocycles. The SMILES string of the molecule is Cc1ccccc1C(=O)CN1C(=O)[C@@H](NC(=O)Nc2c(F)cccc2F)N=C(c2ccccc2)c2ccccc21. The highest BCUT2D eigenvalue weighted by Crippen LogP contribution is 2.29. The number of amides is 3. The second-order valence-electron chi connectivity index (χ2n) is 9.12.